The molecule has 0 aromatic carbocycles. The Kier molecular flexibility index (Phi) is 7.50. The molecule has 0 atom stereocenters. The summed E-state index contributed by atoms with van der Waals surface area (Å²) < 4.78 is 4.26. The molecule has 0 spiro atoms. The lowest BCUT2D eigenvalue weighted by molar-refractivity contribution is -0.115. The van der Waals surface area contributed by atoms with E-state index in [1.807, 2.05) is 5.32 Å². The molecule has 0 rings (SSSR count). The maximum absolute atomic E-state index is 10.9. The molecular weight excluding hydrogens is 182 g/mol. The van der Waals surface area contributed by atoms with Crippen molar-refractivity contribution in [2.24, 2.45) is 0 Å². The first-order valence-corrected chi connectivity index (χ1v) is 4.76. The quantitative estimate of drug-likeness (QED) is 0.544. The zero-order valence-electron chi connectivity index (χ0n) is 8.71. The summed E-state index contributed by atoms with van der Waals surface area (Å²) in [6, 6.07) is 0. The number of unbranched alkanes of at least 4 members (excludes halogenated alkanes) is 3. The SMILES string of the molecule is CCCCC/C=C/C(=O)NC(=O)OC. The molecule has 0 aliphatic carbocycles. The molecule has 80 valence electrons. The maximum Gasteiger partial charge on any atom is 0.413 e. The molecule has 4 heteroatoms. The highest BCUT2D eigenvalue weighted by atomic mass is 16.5. The Morgan fingerprint density at radius 3 is 2.64 bits per heavy atom. The minimum atomic E-state index is -0.729. The Balaban J connectivity index is 3.55. The van der Waals surface area contributed by atoms with E-state index in [4.69, 9.17) is 0 Å². The molecular formula is C10H17NO3. The van der Waals surface area contributed by atoms with Gasteiger partial charge in [0.2, 0.25) is 0 Å². The van der Waals surface area contributed by atoms with Gasteiger partial charge in [0.05, 0.1) is 7.11 Å². The van der Waals surface area contributed by atoms with Gasteiger partial charge in [-0.15, -0.1) is 0 Å². The predicted octanol–water partition coefficient (Wildman–Crippen LogP) is 2.01. The average Bonchev–Trinajstić information content (AvgIpc) is 2.17. The number of amides is 2. The molecule has 0 unspecified atom stereocenters. The van der Waals surface area contributed by atoms with E-state index in [-0.39, 0.29) is 0 Å². The molecule has 2 amide bonds. The number of rotatable bonds is 5. The van der Waals surface area contributed by atoms with Crippen LogP contribution < -0.4 is 5.32 Å². The molecule has 0 aliphatic heterocycles. The van der Waals surface area contributed by atoms with E-state index >= 15 is 0 Å². The van der Waals surface area contributed by atoms with Crippen LogP contribution >= 0.6 is 0 Å². The summed E-state index contributed by atoms with van der Waals surface area (Å²) in [7, 11) is 1.22. The second-order valence-electron chi connectivity index (χ2n) is 2.88. The zero-order valence-corrected chi connectivity index (χ0v) is 8.71. The Morgan fingerprint density at radius 1 is 1.36 bits per heavy atom. The molecule has 0 saturated carbocycles. The van der Waals surface area contributed by atoms with Crippen LogP contribution in [0.1, 0.15) is 32.6 Å². The Labute approximate surface area is 84.3 Å². The molecule has 0 aromatic heterocycles. The van der Waals surface area contributed by atoms with Crippen LogP contribution in [0.4, 0.5) is 4.79 Å². The minimum absolute atomic E-state index is 0.437. The molecule has 0 fully saturated rings. The van der Waals surface area contributed by atoms with E-state index < -0.39 is 12.0 Å². The number of carbonyl (C=O) groups is 2. The minimum Gasteiger partial charge on any atom is -0.453 e. The number of nitrogens with one attached hydrogen (secondary N) is 1. The van der Waals surface area contributed by atoms with Gasteiger partial charge in [-0.3, -0.25) is 10.1 Å². The van der Waals surface area contributed by atoms with E-state index in [1.165, 1.54) is 13.2 Å². The van der Waals surface area contributed by atoms with E-state index in [1.54, 1.807) is 6.08 Å². The third kappa shape index (κ3) is 7.34. The lowest BCUT2D eigenvalue weighted by atomic mass is 10.2. The summed E-state index contributed by atoms with van der Waals surface area (Å²) >= 11 is 0. The van der Waals surface area contributed by atoms with Gasteiger partial charge in [0.1, 0.15) is 0 Å². The summed E-state index contributed by atoms with van der Waals surface area (Å²) in [5, 5.41) is 2.03. The largest absolute Gasteiger partial charge is 0.453 e. The Hall–Kier alpha value is -1.32. The van der Waals surface area contributed by atoms with E-state index in [9.17, 15) is 9.59 Å². The van der Waals surface area contributed by atoms with Crippen molar-refractivity contribution in [3.05, 3.63) is 12.2 Å². The first-order valence-electron chi connectivity index (χ1n) is 4.76. The summed E-state index contributed by atoms with van der Waals surface area (Å²) in [4.78, 5) is 21.5. The standard InChI is InChI=1S/C10H17NO3/c1-3-4-5-6-7-8-9(12)11-10(13)14-2/h7-8H,3-6H2,1-2H3,(H,11,12,13)/b8-7+. The first-order chi connectivity index (χ1) is 6.70. The number of hydrogen-bond acceptors (Lipinski definition) is 3. The normalized spacial score (nSPS) is 10.1. The maximum atomic E-state index is 10.9. The van der Waals surface area contributed by atoms with Crippen molar-refractivity contribution in [2.75, 3.05) is 7.11 Å². The Morgan fingerprint density at radius 2 is 2.07 bits per heavy atom. The molecule has 0 radical (unpaired) electrons. The van der Waals surface area contributed by atoms with Gasteiger partial charge < -0.3 is 4.74 Å². The lowest BCUT2D eigenvalue weighted by Crippen LogP contribution is -2.28. The summed E-state index contributed by atoms with van der Waals surface area (Å²) in [6.45, 7) is 2.12. The third-order valence-electron chi connectivity index (χ3n) is 1.65. The first kappa shape index (κ1) is 12.7. The second kappa shape index (κ2) is 8.29. The predicted molar refractivity (Wildman–Crippen MR) is 53.8 cm³/mol. The topological polar surface area (TPSA) is 55.4 Å². The third-order valence-corrected chi connectivity index (χ3v) is 1.65. The van der Waals surface area contributed by atoms with Crippen LogP contribution in [0.3, 0.4) is 0 Å². The fourth-order valence-corrected chi connectivity index (χ4v) is 0.896. The highest BCUT2D eigenvalue weighted by molar-refractivity contribution is 5.98. The molecule has 0 aromatic rings. The van der Waals surface area contributed by atoms with Crippen LogP contribution in [0.15, 0.2) is 12.2 Å². The van der Waals surface area contributed by atoms with Gasteiger partial charge in [-0.2, -0.15) is 0 Å². The Bertz CT molecular complexity index is 211. The van der Waals surface area contributed by atoms with Crippen LogP contribution in [0.5, 0.6) is 0 Å². The van der Waals surface area contributed by atoms with Gasteiger partial charge in [-0.05, 0) is 18.9 Å². The monoisotopic (exact) mass is 199 g/mol. The van der Waals surface area contributed by atoms with Gasteiger partial charge in [0.25, 0.3) is 5.91 Å². The molecule has 4 nitrogen and oxygen atoms in total. The summed E-state index contributed by atoms with van der Waals surface area (Å²) in [6.07, 6.45) is 6.63. The zero-order chi connectivity index (χ0) is 10.8. The number of allylic oxidation sites excluding steroid dienone is 1. The highest BCUT2D eigenvalue weighted by Gasteiger charge is 2.01. The lowest BCUT2D eigenvalue weighted by Gasteiger charge is -1.97. The van der Waals surface area contributed by atoms with Crippen molar-refractivity contribution in [1.29, 1.82) is 0 Å². The van der Waals surface area contributed by atoms with Crippen molar-refractivity contribution in [1.82, 2.24) is 5.32 Å². The summed E-state index contributed by atoms with van der Waals surface area (Å²) in [5.74, 6) is -0.437. The van der Waals surface area contributed by atoms with E-state index in [2.05, 4.69) is 11.7 Å². The van der Waals surface area contributed by atoms with Crippen LogP contribution in [-0.4, -0.2) is 19.1 Å². The molecule has 0 heterocycles. The van der Waals surface area contributed by atoms with Gasteiger partial charge in [-0.25, -0.2) is 4.79 Å². The number of hydrogen-bond donors (Lipinski definition) is 1. The van der Waals surface area contributed by atoms with Crippen LogP contribution in [0, 0.1) is 0 Å². The molecule has 14 heavy (non-hydrogen) atoms. The number of carbonyl (C=O) groups excluding carboxylic acids is 2. The molecule has 0 bridgehead atoms. The molecule has 0 aliphatic rings. The fraction of sp³-hybridized carbons (Fsp3) is 0.600. The van der Waals surface area contributed by atoms with E-state index in [0.29, 0.717) is 0 Å². The number of alkyl carbamates (subject to hydrolysis) is 1. The molecule has 0 saturated heterocycles. The number of imide groups is 1. The smallest absolute Gasteiger partial charge is 0.413 e. The van der Waals surface area contributed by atoms with Crippen molar-refractivity contribution in [3.63, 3.8) is 0 Å². The number of ether oxygens (including phenoxy) is 1. The van der Waals surface area contributed by atoms with Crippen LogP contribution in [0.25, 0.3) is 0 Å². The van der Waals surface area contributed by atoms with Gasteiger partial charge in [0.15, 0.2) is 0 Å². The number of methoxy groups -OCH3 is 1. The fourth-order valence-electron chi connectivity index (χ4n) is 0.896. The van der Waals surface area contributed by atoms with Crippen molar-refractivity contribution < 1.29 is 14.3 Å². The van der Waals surface area contributed by atoms with Crippen molar-refractivity contribution in [3.8, 4) is 0 Å². The summed E-state index contributed by atoms with van der Waals surface area (Å²) in [5.41, 5.74) is 0. The molecule has 1 N–H and O–H groups in total. The van der Waals surface area contributed by atoms with Crippen molar-refractivity contribution >= 4 is 12.0 Å². The second-order valence-corrected chi connectivity index (χ2v) is 2.88. The van der Waals surface area contributed by atoms with Crippen molar-refractivity contribution in [2.45, 2.75) is 32.6 Å². The van der Waals surface area contributed by atoms with Gasteiger partial charge >= 0.3 is 6.09 Å². The average molecular weight is 199 g/mol. The van der Waals surface area contributed by atoms with Gasteiger partial charge in [0, 0.05) is 0 Å². The van der Waals surface area contributed by atoms with Crippen LogP contribution in [-0.2, 0) is 9.53 Å². The van der Waals surface area contributed by atoms with E-state index in [0.717, 1.165) is 25.7 Å². The highest BCUT2D eigenvalue weighted by Crippen LogP contribution is 1.99. The van der Waals surface area contributed by atoms with Crippen LogP contribution in [0.2, 0.25) is 0 Å². The van der Waals surface area contributed by atoms with Gasteiger partial charge in [-0.1, -0.05) is 25.8 Å².